The van der Waals surface area contributed by atoms with Crippen molar-refractivity contribution in [2.24, 2.45) is 0 Å². The predicted octanol–water partition coefficient (Wildman–Crippen LogP) is 3.15. The Hall–Kier alpha value is -1.09. The zero-order chi connectivity index (χ0) is 11.5. The van der Waals surface area contributed by atoms with Gasteiger partial charge in [-0.05, 0) is 31.0 Å². The fourth-order valence-electron chi connectivity index (χ4n) is 2.01. The lowest BCUT2D eigenvalue weighted by Gasteiger charge is -2.12. The Morgan fingerprint density at radius 2 is 2.06 bits per heavy atom. The van der Waals surface area contributed by atoms with Crippen molar-refractivity contribution in [1.82, 2.24) is 5.32 Å². The van der Waals surface area contributed by atoms with Crippen molar-refractivity contribution < 1.29 is 9.18 Å². The van der Waals surface area contributed by atoms with E-state index in [1.54, 1.807) is 0 Å². The van der Waals surface area contributed by atoms with Crippen LogP contribution < -0.4 is 5.32 Å². The predicted molar refractivity (Wildman–Crippen MR) is 61.1 cm³/mol. The molecule has 1 aliphatic carbocycles. The third kappa shape index (κ3) is 2.53. The average molecular weight is 242 g/mol. The van der Waals surface area contributed by atoms with E-state index in [0.717, 1.165) is 31.7 Å². The summed E-state index contributed by atoms with van der Waals surface area (Å²) in [6.07, 6.45) is 4.35. The fourth-order valence-corrected chi connectivity index (χ4v) is 2.26. The van der Waals surface area contributed by atoms with Crippen molar-refractivity contribution in [3.8, 4) is 0 Å². The lowest BCUT2D eigenvalue weighted by Crippen LogP contribution is -2.32. The average Bonchev–Trinajstić information content (AvgIpc) is 2.70. The summed E-state index contributed by atoms with van der Waals surface area (Å²) in [5.74, 6) is -0.640. The number of carbonyl (C=O) groups is 1. The van der Waals surface area contributed by atoms with Crippen molar-refractivity contribution in [1.29, 1.82) is 0 Å². The summed E-state index contributed by atoms with van der Waals surface area (Å²) in [5.41, 5.74) is 0.343. The molecule has 1 amide bonds. The van der Waals surface area contributed by atoms with E-state index in [4.69, 9.17) is 11.6 Å². The normalized spacial score (nSPS) is 16.4. The van der Waals surface area contributed by atoms with Crippen LogP contribution in [-0.4, -0.2) is 11.9 Å². The topological polar surface area (TPSA) is 29.1 Å². The van der Waals surface area contributed by atoms with Crippen molar-refractivity contribution in [3.63, 3.8) is 0 Å². The van der Waals surface area contributed by atoms with Gasteiger partial charge in [0.1, 0.15) is 5.82 Å². The molecule has 1 fully saturated rings. The molecule has 0 radical (unpaired) electrons. The summed E-state index contributed by atoms with van der Waals surface area (Å²) < 4.78 is 12.8. The summed E-state index contributed by atoms with van der Waals surface area (Å²) in [7, 11) is 0. The number of benzene rings is 1. The number of halogens is 2. The van der Waals surface area contributed by atoms with Gasteiger partial charge >= 0.3 is 0 Å². The lowest BCUT2D eigenvalue weighted by atomic mass is 10.2. The zero-order valence-corrected chi connectivity index (χ0v) is 9.56. The first-order valence-corrected chi connectivity index (χ1v) is 5.80. The summed E-state index contributed by atoms with van der Waals surface area (Å²) in [6, 6.07) is 4.07. The Labute approximate surface area is 98.8 Å². The Kier molecular flexibility index (Phi) is 3.44. The molecule has 1 saturated carbocycles. The van der Waals surface area contributed by atoms with Gasteiger partial charge in [-0.15, -0.1) is 0 Å². The minimum atomic E-state index is -0.428. The van der Waals surface area contributed by atoms with Gasteiger partial charge in [-0.25, -0.2) is 4.39 Å². The standard InChI is InChI=1S/C12H13ClFNO/c13-11-7-8(14)5-6-10(11)12(16)15-9-3-1-2-4-9/h5-7,9H,1-4H2,(H,15,16). The van der Waals surface area contributed by atoms with Gasteiger partial charge in [0, 0.05) is 6.04 Å². The molecule has 0 saturated heterocycles. The molecule has 1 N–H and O–H groups in total. The van der Waals surface area contributed by atoms with E-state index in [9.17, 15) is 9.18 Å². The van der Waals surface area contributed by atoms with Crippen LogP contribution in [0.1, 0.15) is 36.0 Å². The fraction of sp³-hybridized carbons (Fsp3) is 0.417. The quantitative estimate of drug-likeness (QED) is 0.847. The highest BCUT2D eigenvalue weighted by Gasteiger charge is 2.19. The van der Waals surface area contributed by atoms with Crippen molar-refractivity contribution >= 4 is 17.5 Å². The molecule has 2 rings (SSSR count). The summed E-state index contributed by atoms with van der Waals surface area (Å²) in [5, 5.41) is 3.07. The maximum atomic E-state index is 12.8. The van der Waals surface area contributed by atoms with Crippen LogP contribution in [0, 0.1) is 5.82 Å². The highest BCUT2D eigenvalue weighted by Crippen LogP contribution is 2.20. The molecule has 4 heteroatoms. The zero-order valence-electron chi connectivity index (χ0n) is 8.80. The Bertz CT molecular complexity index is 402. The Morgan fingerprint density at radius 3 is 2.69 bits per heavy atom. The molecule has 2 nitrogen and oxygen atoms in total. The molecule has 0 aromatic heterocycles. The molecular weight excluding hydrogens is 229 g/mol. The van der Waals surface area contributed by atoms with Crippen LogP contribution in [0.25, 0.3) is 0 Å². The molecule has 0 bridgehead atoms. The van der Waals surface area contributed by atoms with Crippen LogP contribution in [0.15, 0.2) is 18.2 Å². The molecule has 1 aromatic carbocycles. The van der Waals surface area contributed by atoms with Gasteiger partial charge in [0.25, 0.3) is 5.91 Å². The van der Waals surface area contributed by atoms with Crippen LogP contribution in [0.2, 0.25) is 5.02 Å². The van der Waals surface area contributed by atoms with E-state index in [2.05, 4.69) is 5.32 Å². The number of carbonyl (C=O) groups excluding carboxylic acids is 1. The Balaban J connectivity index is 2.08. The van der Waals surface area contributed by atoms with E-state index < -0.39 is 5.82 Å². The highest BCUT2D eigenvalue weighted by molar-refractivity contribution is 6.33. The number of hydrogen-bond acceptors (Lipinski definition) is 1. The van der Waals surface area contributed by atoms with Crippen LogP contribution >= 0.6 is 11.6 Å². The van der Waals surface area contributed by atoms with Crippen LogP contribution in [0.4, 0.5) is 4.39 Å². The second-order valence-electron chi connectivity index (χ2n) is 4.08. The first-order valence-electron chi connectivity index (χ1n) is 5.43. The second kappa shape index (κ2) is 4.83. The minimum Gasteiger partial charge on any atom is -0.349 e. The molecule has 0 atom stereocenters. The van der Waals surface area contributed by atoms with Gasteiger partial charge < -0.3 is 5.32 Å². The molecule has 1 aliphatic rings. The number of nitrogens with one attached hydrogen (secondary N) is 1. The van der Waals surface area contributed by atoms with Crippen molar-refractivity contribution in [3.05, 3.63) is 34.6 Å². The number of hydrogen-bond donors (Lipinski definition) is 1. The van der Waals surface area contributed by atoms with Crippen molar-refractivity contribution in [2.45, 2.75) is 31.7 Å². The van der Waals surface area contributed by atoms with Crippen LogP contribution in [0.3, 0.4) is 0 Å². The SMILES string of the molecule is O=C(NC1CCCC1)c1ccc(F)cc1Cl. The maximum Gasteiger partial charge on any atom is 0.253 e. The minimum absolute atomic E-state index is 0.162. The molecule has 0 aliphatic heterocycles. The molecule has 0 spiro atoms. The summed E-state index contributed by atoms with van der Waals surface area (Å²) >= 11 is 5.81. The van der Waals surface area contributed by atoms with E-state index in [0.29, 0.717) is 5.56 Å². The number of rotatable bonds is 2. The molecular formula is C12H13ClFNO. The third-order valence-electron chi connectivity index (χ3n) is 2.87. The van der Waals surface area contributed by atoms with Gasteiger partial charge in [-0.1, -0.05) is 24.4 Å². The highest BCUT2D eigenvalue weighted by atomic mass is 35.5. The Morgan fingerprint density at radius 1 is 1.38 bits per heavy atom. The first-order chi connectivity index (χ1) is 7.66. The van der Waals surface area contributed by atoms with Gasteiger partial charge in [0.15, 0.2) is 0 Å². The number of amides is 1. The summed E-state index contributed by atoms with van der Waals surface area (Å²) in [6.45, 7) is 0. The van der Waals surface area contributed by atoms with E-state index in [1.165, 1.54) is 12.1 Å². The van der Waals surface area contributed by atoms with Crippen molar-refractivity contribution in [2.75, 3.05) is 0 Å². The largest absolute Gasteiger partial charge is 0.349 e. The molecule has 1 aromatic rings. The van der Waals surface area contributed by atoms with E-state index >= 15 is 0 Å². The molecule has 86 valence electrons. The lowest BCUT2D eigenvalue weighted by molar-refractivity contribution is 0.0938. The van der Waals surface area contributed by atoms with Gasteiger partial charge in [-0.3, -0.25) is 4.79 Å². The van der Waals surface area contributed by atoms with Gasteiger partial charge in [0.2, 0.25) is 0 Å². The van der Waals surface area contributed by atoms with Crippen LogP contribution in [-0.2, 0) is 0 Å². The maximum absolute atomic E-state index is 12.8. The molecule has 16 heavy (non-hydrogen) atoms. The first kappa shape index (κ1) is 11.4. The van der Waals surface area contributed by atoms with E-state index in [-0.39, 0.29) is 17.0 Å². The van der Waals surface area contributed by atoms with Gasteiger partial charge in [0.05, 0.1) is 10.6 Å². The van der Waals surface area contributed by atoms with Crippen LogP contribution in [0.5, 0.6) is 0 Å². The molecule has 0 heterocycles. The summed E-state index contributed by atoms with van der Waals surface area (Å²) in [4.78, 5) is 11.8. The molecule has 0 unspecified atom stereocenters. The van der Waals surface area contributed by atoms with Gasteiger partial charge in [-0.2, -0.15) is 0 Å². The second-order valence-corrected chi connectivity index (χ2v) is 4.49. The third-order valence-corrected chi connectivity index (χ3v) is 3.18. The van der Waals surface area contributed by atoms with E-state index in [1.807, 2.05) is 0 Å². The monoisotopic (exact) mass is 241 g/mol. The smallest absolute Gasteiger partial charge is 0.253 e.